The fraction of sp³-hybridized carbons (Fsp3) is 0.333. The number of hydrogen-bond donors (Lipinski definition) is 1. The molecule has 1 aromatic heterocycles. The minimum absolute atomic E-state index is 0. The van der Waals surface area contributed by atoms with Crippen LogP contribution in [-0.4, -0.2) is 59.3 Å². The minimum Gasteiger partial charge on any atom is -0.497 e. The Morgan fingerprint density at radius 1 is 0.800 bits per heavy atom. The lowest BCUT2D eigenvalue weighted by Gasteiger charge is -2.32. The van der Waals surface area contributed by atoms with Gasteiger partial charge in [-0.1, -0.05) is 74.5 Å². The van der Waals surface area contributed by atoms with Gasteiger partial charge in [-0.15, -0.1) is 47.4 Å². The Balaban J connectivity index is 0.00000184. The van der Waals surface area contributed by atoms with Gasteiger partial charge in [0.25, 0.3) is 0 Å². The standard InChI is InChI=1S/C36H41N5O.3ClH/c1-4-40(5-2)25-29-12-8-9-13-32(29)35-33-17-16-31(42-3)23-34(33)36(39-38-35)37-30-18-20-41(21-19-30)24-26-14-15-27-10-6-7-11-28(27)22-26;;;/h6-17,22-23,30H,4-5,18-21,24-25H2,1-3H3,(H,37,39);3*1H. The molecule has 0 unspecified atom stereocenters. The van der Waals surface area contributed by atoms with Gasteiger partial charge >= 0.3 is 0 Å². The Kier molecular flexibility index (Phi) is 13.7. The first-order valence-electron chi connectivity index (χ1n) is 15.3. The number of anilines is 1. The monoisotopic (exact) mass is 667 g/mol. The van der Waals surface area contributed by atoms with Crippen molar-refractivity contribution in [3.05, 3.63) is 96.1 Å². The number of benzene rings is 4. The highest BCUT2D eigenvalue weighted by molar-refractivity contribution is 6.01. The van der Waals surface area contributed by atoms with Gasteiger partial charge in [-0.3, -0.25) is 9.80 Å². The highest BCUT2D eigenvalue weighted by Gasteiger charge is 2.22. The number of piperidine rings is 1. The fourth-order valence-corrected chi connectivity index (χ4v) is 6.17. The van der Waals surface area contributed by atoms with E-state index in [0.717, 1.165) is 85.7 Å². The second-order valence-corrected chi connectivity index (χ2v) is 11.3. The molecule has 6 nitrogen and oxygen atoms in total. The lowest BCUT2D eigenvalue weighted by Crippen LogP contribution is -2.38. The Morgan fingerprint density at radius 3 is 2.24 bits per heavy atom. The second kappa shape index (κ2) is 17.0. The summed E-state index contributed by atoms with van der Waals surface area (Å²) >= 11 is 0. The van der Waals surface area contributed by atoms with Gasteiger partial charge in [-0.2, -0.15) is 0 Å². The van der Waals surface area contributed by atoms with E-state index in [0.29, 0.717) is 6.04 Å². The third kappa shape index (κ3) is 8.37. The van der Waals surface area contributed by atoms with E-state index in [4.69, 9.17) is 14.9 Å². The molecule has 1 saturated heterocycles. The number of hydrogen-bond acceptors (Lipinski definition) is 6. The first-order chi connectivity index (χ1) is 20.6. The number of methoxy groups -OCH3 is 1. The van der Waals surface area contributed by atoms with Crippen LogP contribution in [-0.2, 0) is 13.1 Å². The Morgan fingerprint density at radius 2 is 1.51 bits per heavy atom. The molecule has 0 saturated carbocycles. The highest BCUT2D eigenvalue weighted by atomic mass is 35.5. The van der Waals surface area contributed by atoms with Crippen LogP contribution in [0.1, 0.15) is 37.8 Å². The average molecular weight is 669 g/mol. The molecule has 1 aliphatic rings. The van der Waals surface area contributed by atoms with Crippen molar-refractivity contribution < 1.29 is 4.74 Å². The number of nitrogens with zero attached hydrogens (tertiary/aromatic N) is 4. The molecule has 0 aliphatic carbocycles. The molecule has 1 N–H and O–H groups in total. The summed E-state index contributed by atoms with van der Waals surface area (Å²) in [5, 5.41) is 18.1. The first-order valence-corrected chi connectivity index (χ1v) is 15.3. The Hall–Kier alpha value is -3.13. The number of halogens is 3. The normalized spacial score (nSPS) is 13.6. The summed E-state index contributed by atoms with van der Waals surface area (Å²) in [6, 6.07) is 30.6. The van der Waals surface area contributed by atoms with Crippen LogP contribution in [0.2, 0.25) is 0 Å². The predicted molar refractivity (Wildman–Crippen MR) is 196 cm³/mol. The molecule has 0 amide bonds. The van der Waals surface area contributed by atoms with E-state index in [1.54, 1.807) is 7.11 Å². The molecule has 240 valence electrons. The van der Waals surface area contributed by atoms with Crippen LogP contribution in [0.4, 0.5) is 5.82 Å². The summed E-state index contributed by atoms with van der Waals surface area (Å²) in [6.07, 6.45) is 2.13. The third-order valence-electron chi connectivity index (χ3n) is 8.70. The zero-order valence-corrected chi connectivity index (χ0v) is 28.7. The smallest absolute Gasteiger partial charge is 0.156 e. The lowest BCUT2D eigenvalue weighted by atomic mass is 9.98. The summed E-state index contributed by atoms with van der Waals surface area (Å²) in [7, 11) is 1.72. The first kappa shape index (κ1) is 36.3. The van der Waals surface area contributed by atoms with E-state index in [1.807, 2.05) is 6.07 Å². The van der Waals surface area contributed by atoms with E-state index < -0.39 is 0 Å². The molecule has 6 rings (SSSR count). The SMILES string of the molecule is CCN(CC)Cc1ccccc1-c1nnc(NC2CCN(Cc3ccc4ccccc4c3)CC2)c2cc(OC)ccc12.Cl.Cl.Cl. The molecule has 9 heteroatoms. The maximum Gasteiger partial charge on any atom is 0.156 e. The largest absolute Gasteiger partial charge is 0.497 e. The fourth-order valence-electron chi connectivity index (χ4n) is 6.17. The number of nitrogens with one attached hydrogen (secondary N) is 1. The summed E-state index contributed by atoms with van der Waals surface area (Å²) in [5.74, 6) is 1.66. The quantitative estimate of drug-likeness (QED) is 0.161. The third-order valence-corrected chi connectivity index (χ3v) is 8.70. The van der Waals surface area contributed by atoms with Gasteiger partial charge in [-0.05, 0) is 72.1 Å². The molecule has 1 aliphatic heterocycles. The summed E-state index contributed by atoms with van der Waals surface area (Å²) in [4.78, 5) is 4.99. The van der Waals surface area contributed by atoms with E-state index in [-0.39, 0.29) is 37.2 Å². The molecule has 45 heavy (non-hydrogen) atoms. The zero-order chi connectivity index (χ0) is 28.9. The predicted octanol–water partition coefficient (Wildman–Crippen LogP) is 8.64. The number of ether oxygens (including phenoxy) is 1. The van der Waals surface area contributed by atoms with Crippen LogP contribution < -0.4 is 10.1 Å². The van der Waals surface area contributed by atoms with Gasteiger partial charge in [0.1, 0.15) is 11.4 Å². The van der Waals surface area contributed by atoms with Crippen molar-refractivity contribution >= 4 is 64.6 Å². The van der Waals surface area contributed by atoms with Crippen LogP contribution in [0.3, 0.4) is 0 Å². The van der Waals surface area contributed by atoms with Crippen LogP contribution >= 0.6 is 37.2 Å². The summed E-state index contributed by atoms with van der Waals surface area (Å²) < 4.78 is 5.63. The molecule has 0 spiro atoms. The molecular weight excluding hydrogens is 625 g/mol. The number of aromatic nitrogens is 2. The maximum absolute atomic E-state index is 5.63. The van der Waals surface area contributed by atoms with Crippen molar-refractivity contribution in [1.82, 2.24) is 20.0 Å². The van der Waals surface area contributed by atoms with Crippen molar-refractivity contribution in [3.63, 3.8) is 0 Å². The van der Waals surface area contributed by atoms with Crippen LogP contribution in [0.25, 0.3) is 32.8 Å². The van der Waals surface area contributed by atoms with Gasteiger partial charge in [0.05, 0.1) is 7.11 Å². The number of rotatable bonds is 10. The molecule has 1 fully saturated rings. The topological polar surface area (TPSA) is 53.5 Å². The van der Waals surface area contributed by atoms with E-state index in [9.17, 15) is 0 Å². The van der Waals surface area contributed by atoms with Crippen molar-refractivity contribution in [2.24, 2.45) is 0 Å². The molecule has 5 aromatic rings. The maximum atomic E-state index is 5.63. The average Bonchev–Trinajstić information content (AvgIpc) is 3.04. The van der Waals surface area contributed by atoms with Gasteiger partial charge in [0.2, 0.25) is 0 Å². The van der Waals surface area contributed by atoms with Crippen molar-refractivity contribution in [2.75, 3.05) is 38.6 Å². The zero-order valence-electron chi connectivity index (χ0n) is 26.2. The number of likely N-dealkylation sites (tertiary alicyclic amines) is 1. The van der Waals surface area contributed by atoms with Crippen molar-refractivity contribution in [1.29, 1.82) is 0 Å². The summed E-state index contributed by atoms with van der Waals surface area (Å²) in [6.45, 7) is 10.4. The lowest BCUT2D eigenvalue weighted by molar-refractivity contribution is 0.211. The molecule has 2 heterocycles. The highest BCUT2D eigenvalue weighted by Crippen LogP contribution is 2.35. The molecule has 4 aromatic carbocycles. The van der Waals surface area contributed by atoms with Gasteiger partial charge < -0.3 is 10.1 Å². The van der Waals surface area contributed by atoms with Gasteiger partial charge in [0, 0.05) is 48.6 Å². The molecule has 0 bridgehead atoms. The van der Waals surface area contributed by atoms with Crippen LogP contribution in [0.5, 0.6) is 5.75 Å². The van der Waals surface area contributed by atoms with Crippen molar-refractivity contribution in [3.8, 4) is 17.0 Å². The second-order valence-electron chi connectivity index (χ2n) is 11.3. The Bertz CT molecular complexity index is 1670. The molecular formula is C36H44Cl3N5O. The van der Waals surface area contributed by atoms with Crippen LogP contribution in [0.15, 0.2) is 84.9 Å². The van der Waals surface area contributed by atoms with Gasteiger partial charge in [0.15, 0.2) is 5.82 Å². The Labute approximate surface area is 285 Å². The van der Waals surface area contributed by atoms with E-state index >= 15 is 0 Å². The van der Waals surface area contributed by atoms with Gasteiger partial charge in [-0.25, -0.2) is 0 Å². The molecule has 0 radical (unpaired) electrons. The number of fused-ring (bicyclic) bond motifs is 2. The van der Waals surface area contributed by atoms with E-state index in [1.165, 1.54) is 21.9 Å². The molecule has 0 atom stereocenters. The minimum atomic E-state index is 0. The summed E-state index contributed by atoms with van der Waals surface area (Å²) in [5.41, 5.74) is 4.71. The van der Waals surface area contributed by atoms with Crippen LogP contribution in [0, 0.1) is 0 Å². The van der Waals surface area contributed by atoms with E-state index in [2.05, 4.69) is 108 Å². The van der Waals surface area contributed by atoms with Crippen molar-refractivity contribution in [2.45, 2.75) is 45.8 Å².